The fourth-order valence-electron chi connectivity index (χ4n) is 3.86. The van der Waals surface area contributed by atoms with Crippen molar-refractivity contribution in [1.82, 2.24) is 14.8 Å². The molecule has 31 heavy (non-hydrogen) atoms. The summed E-state index contributed by atoms with van der Waals surface area (Å²) in [5, 5.41) is 8.80. The van der Waals surface area contributed by atoms with E-state index < -0.39 is 0 Å². The van der Waals surface area contributed by atoms with E-state index in [-0.39, 0.29) is 22.9 Å². The topological polar surface area (TPSA) is 75.5 Å². The Morgan fingerprint density at radius 1 is 1.13 bits per heavy atom. The lowest BCUT2D eigenvalue weighted by Crippen LogP contribution is -2.11. The van der Waals surface area contributed by atoms with Crippen molar-refractivity contribution in [3.63, 3.8) is 0 Å². The molecule has 9 heteroatoms. The predicted octanol–water partition coefficient (Wildman–Crippen LogP) is 4.69. The van der Waals surface area contributed by atoms with Crippen LogP contribution in [0.1, 0.15) is 39.7 Å². The normalized spacial score (nSPS) is 17.3. The zero-order valence-corrected chi connectivity index (χ0v) is 19.2. The molecule has 7 nitrogen and oxygen atoms in total. The number of ether oxygens (including phenoxy) is 3. The van der Waals surface area contributed by atoms with E-state index >= 15 is 0 Å². The molecule has 0 spiro atoms. The van der Waals surface area contributed by atoms with Crippen LogP contribution in [0.15, 0.2) is 36.4 Å². The number of esters is 1. The van der Waals surface area contributed by atoms with Crippen molar-refractivity contribution in [2.45, 2.75) is 23.8 Å². The second kappa shape index (κ2) is 8.80. The Morgan fingerprint density at radius 2 is 1.94 bits per heavy atom. The van der Waals surface area contributed by atoms with E-state index in [9.17, 15) is 4.79 Å². The number of thioether (sulfide) groups is 1. The van der Waals surface area contributed by atoms with Crippen LogP contribution >= 0.6 is 23.4 Å². The molecule has 4 rings (SSSR count). The molecule has 0 bridgehead atoms. The van der Waals surface area contributed by atoms with E-state index in [2.05, 4.69) is 10.2 Å². The number of aryl methyl sites for hydroxylation is 1. The Labute approximate surface area is 189 Å². The number of nitrogens with zero attached hydrogens (tertiary/aromatic N) is 3. The number of fused-ring (bicyclic) bond motifs is 3. The molecule has 2 aromatic carbocycles. The highest BCUT2D eigenvalue weighted by Crippen LogP contribution is 2.53. The summed E-state index contributed by atoms with van der Waals surface area (Å²) >= 11 is 8.01. The van der Waals surface area contributed by atoms with E-state index in [1.807, 2.05) is 47.9 Å². The van der Waals surface area contributed by atoms with Gasteiger partial charge in [-0.05, 0) is 36.8 Å². The van der Waals surface area contributed by atoms with Crippen LogP contribution in [0.4, 0.5) is 0 Å². The van der Waals surface area contributed by atoms with Gasteiger partial charge in [-0.2, -0.15) is 0 Å². The fourth-order valence-corrected chi connectivity index (χ4v) is 5.54. The van der Waals surface area contributed by atoms with Crippen molar-refractivity contribution >= 4 is 29.3 Å². The lowest BCUT2D eigenvalue weighted by atomic mass is 10.0. The third kappa shape index (κ3) is 3.85. The zero-order chi connectivity index (χ0) is 22.1. The Bertz CT molecular complexity index is 1130. The highest BCUT2D eigenvalue weighted by Gasteiger charge is 2.36. The van der Waals surface area contributed by atoms with Crippen molar-refractivity contribution in [3.05, 3.63) is 64.2 Å². The summed E-state index contributed by atoms with van der Waals surface area (Å²) in [6, 6.07) is 11.5. The molecule has 0 amide bonds. The summed E-state index contributed by atoms with van der Waals surface area (Å²) in [6.07, 6.45) is 0.157. The van der Waals surface area contributed by atoms with Gasteiger partial charge >= 0.3 is 5.97 Å². The molecule has 1 aliphatic heterocycles. The highest BCUT2D eigenvalue weighted by atomic mass is 35.5. The number of hydrogen-bond acceptors (Lipinski definition) is 7. The van der Waals surface area contributed by atoms with Crippen molar-refractivity contribution < 1.29 is 19.0 Å². The van der Waals surface area contributed by atoms with Gasteiger partial charge in [0.25, 0.3) is 0 Å². The molecule has 0 saturated heterocycles. The molecule has 2 atom stereocenters. The first kappa shape index (κ1) is 21.5. The second-order valence-electron chi connectivity index (χ2n) is 7.01. The van der Waals surface area contributed by atoms with Crippen LogP contribution in [-0.2, 0) is 9.53 Å². The molecule has 0 unspecified atom stereocenters. The first-order valence-corrected chi connectivity index (χ1v) is 11.0. The fraction of sp³-hybridized carbons (Fsp3) is 0.318. The van der Waals surface area contributed by atoms with Gasteiger partial charge in [-0.3, -0.25) is 9.36 Å². The standard InChI is InChI=1S/C22H22ClN3O4S/c1-12-24-25-22-18(11-19(27)29-3)31-21(14-6-5-7-17(28-2)20(14)30-4)15-10-13(23)8-9-16(15)26(12)22/h5-10,18,21H,11H2,1-4H3/t18-,21-/m0/s1. The Balaban J connectivity index is 1.97. The summed E-state index contributed by atoms with van der Waals surface area (Å²) in [6.45, 7) is 1.89. The molecule has 0 fully saturated rings. The maximum atomic E-state index is 12.2. The highest BCUT2D eigenvalue weighted by molar-refractivity contribution is 8.00. The van der Waals surface area contributed by atoms with Gasteiger partial charge in [0.05, 0.1) is 43.9 Å². The van der Waals surface area contributed by atoms with Crippen LogP contribution in [-0.4, -0.2) is 42.1 Å². The minimum Gasteiger partial charge on any atom is -0.493 e. The molecule has 0 saturated carbocycles. The van der Waals surface area contributed by atoms with Gasteiger partial charge in [0.2, 0.25) is 0 Å². The summed E-state index contributed by atoms with van der Waals surface area (Å²) in [7, 11) is 4.61. The van der Waals surface area contributed by atoms with Crippen molar-refractivity contribution in [2.24, 2.45) is 0 Å². The number of methoxy groups -OCH3 is 3. The lowest BCUT2D eigenvalue weighted by Gasteiger charge is -2.23. The van der Waals surface area contributed by atoms with Gasteiger partial charge in [-0.15, -0.1) is 22.0 Å². The van der Waals surface area contributed by atoms with Gasteiger partial charge in [-0.1, -0.05) is 23.7 Å². The molecular formula is C22H22ClN3O4S. The Hall–Kier alpha value is -2.71. The number of halogens is 1. The molecule has 0 radical (unpaired) electrons. The van der Waals surface area contributed by atoms with Crippen LogP contribution in [0.25, 0.3) is 5.69 Å². The average Bonchev–Trinajstić information content (AvgIpc) is 3.10. The van der Waals surface area contributed by atoms with Crippen molar-refractivity contribution in [1.29, 1.82) is 0 Å². The van der Waals surface area contributed by atoms with Crippen LogP contribution in [0, 0.1) is 6.92 Å². The maximum absolute atomic E-state index is 12.2. The third-order valence-electron chi connectivity index (χ3n) is 5.25. The molecule has 1 aliphatic rings. The monoisotopic (exact) mass is 459 g/mol. The van der Waals surface area contributed by atoms with E-state index in [1.165, 1.54) is 7.11 Å². The van der Waals surface area contributed by atoms with Crippen LogP contribution in [0.5, 0.6) is 11.5 Å². The molecule has 1 aromatic heterocycles. The summed E-state index contributed by atoms with van der Waals surface area (Å²) in [4.78, 5) is 12.2. The van der Waals surface area contributed by atoms with Gasteiger partial charge < -0.3 is 14.2 Å². The van der Waals surface area contributed by atoms with E-state index in [4.69, 9.17) is 25.8 Å². The summed E-state index contributed by atoms with van der Waals surface area (Å²) < 4.78 is 18.2. The summed E-state index contributed by atoms with van der Waals surface area (Å²) in [5.41, 5.74) is 2.80. The molecule has 0 aliphatic carbocycles. The maximum Gasteiger partial charge on any atom is 0.307 e. The number of benzene rings is 2. The lowest BCUT2D eigenvalue weighted by molar-refractivity contribution is -0.140. The quantitative estimate of drug-likeness (QED) is 0.512. The summed E-state index contributed by atoms with van der Waals surface area (Å²) in [5.74, 6) is 2.38. The number of rotatable bonds is 5. The van der Waals surface area contributed by atoms with E-state index in [0.29, 0.717) is 22.3 Å². The van der Waals surface area contributed by atoms with Gasteiger partial charge in [0.1, 0.15) is 5.82 Å². The number of aromatic nitrogens is 3. The van der Waals surface area contributed by atoms with Crippen LogP contribution in [0.2, 0.25) is 5.02 Å². The van der Waals surface area contributed by atoms with E-state index in [1.54, 1.807) is 26.0 Å². The van der Waals surface area contributed by atoms with Gasteiger partial charge in [-0.25, -0.2) is 0 Å². The first-order valence-electron chi connectivity index (χ1n) is 9.63. The number of hydrogen-bond donors (Lipinski definition) is 0. The van der Waals surface area contributed by atoms with Crippen molar-refractivity contribution in [2.75, 3.05) is 21.3 Å². The average molecular weight is 460 g/mol. The number of carbonyl (C=O) groups excluding carboxylic acids is 1. The number of para-hydroxylation sites is 1. The zero-order valence-electron chi connectivity index (χ0n) is 17.6. The molecule has 3 aromatic rings. The van der Waals surface area contributed by atoms with E-state index in [0.717, 1.165) is 22.6 Å². The smallest absolute Gasteiger partial charge is 0.307 e. The minimum absolute atomic E-state index is 0.157. The van der Waals surface area contributed by atoms with Crippen LogP contribution in [0.3, 0.4) is 0 Å². The first-order chi connectivity index (χ1) is 15.0. The molecule has 2 heterocycles. The Morgan fingerprint density at radius 3 is 2.65 bits per heavy atom. The largest absolute Gasteiger partial charge is 0.493 e. The Kier molecular flexibility index (Phi) is 6.11. The van der Waals surface area contributed by atoms with Gasteiger partial charge in [0, 0.05) is 10.6 Å². The molecular weight excluding hydrogens is 438 g/mol. The molecule has 0 N–H and O–H groups in total. The molecule has 162 valence electrons. The minimum atomic E-state index is -0.315. The SMILES string of the molecule is COC(=O)C[C@@H]1S[C@@H](c2cccc(OC)c2OC)c2cc(Cl)ccc2-n2c(C)nnc21. The third-order valence-corrected chi connectivity index (χ3v) is 6.97. The van der Waals surface area contributed by atoms with Gasteiger partial charge in [0.15, 0.2) is 17.3 Å². The van der Waals surface area contributed by atoms with Crippen LogP contribution < -0.4 is 9.47 Å². The number of carbonyl (C=O) groups is 1. The van der Waals surface area contributed by atoms with Crippen molar-refractivity contribution in [3.8, 4) is 17.2 Å². The second-order valence-corrected chi connectivity index (χ2v) is 8.76. The predicted molar refractivity (Wildman–Crippen MR) is 119 cm³/mol.